The normalized spacial score (nSPS) is 24.3. The second-order valence-electron chi connectivity index (χ2n) is 7.86. The van der Waals surface area contributed by atoms with Gasteiger partial charge in [-0.05, 0) is 0 Å². The molecule has 1 fully saturated rings. The van der Waals surface area contributed by atoms with Gasteiger partial charge in [0.25, 0.3) is 0 Å². The monoisotopic (exact) mass is 493 g/mol. The standard InChI is InChI=1S/C23H24O12/c1-31-14-3-9(4-15(32-2)18(14)27)22-16(7-11-12(26)5-10(25)6-13(11)33-22)34-23-21(30)20(29)19(28)17(8-24)35-23/h3-7,17,19-21,23-24,28-30H,8H2,1-2H3,(H2-,25,26,27)/p+1/t17-,19-,20+,21-,23?/m1/s1. The zero-order valence-electron chi connectivity index (χ0n) is 18.7. The van der Waals surface area contributed by atoms with Crippen molar-refractivity contribution >= 4 is 11.0 Å². The Kier molecular flexibility index (Phi) is 6.74. The van der Waals surface area contributed by atoms with Gasteiger partial charge in [0.05, 0.1) is 32.5 Å². The molecule has 0 amide bonds. The van der Waals surface area contributed by atoms with Gasteiger partial charge in [0.2, 0.25) is 17.8 Å². The van der Waals surface area contributed by atoms with Crippen molar-refractivity contribution in [1.82, 2.24) is 0 Å². The quantitative estimate of drug-likeness (QED) is 0.238. The first-order valence-electron chi connectivity index (χ1n) is 10.4. The Morgan fingerprint density at radius 3 is 2.11 bits per heavy atom. The highest BCUT2D eigenvalue weighted by Crippen LogP contribution is 2.45. The largest absolute Gasteiger partial charge is 0.507 e. The molecule has 4 rings (SSSR count). The van der Waals surface area contributed by atoms with E-state index in [1.807, 2.05) is 0 Å². The molecular weight excluding hydrogens is 468 g/mol. The summed E-state index contributed by atoms with van der Waals surface area (Å²) in [5, 5.41) is 70.7. The van der Waals surface area contributed by atoms with Crippen LogP contribution in [-0.4, -0.2) is 87.3 Å². The van der Waals surface area contributed by atoms with Gasteiger partial charge in [-0.15, -0.1) is 0 Å². The van der Waals surface area contributed by atoms with Gasteiger partial charge >= 0.3 is 11.3 Å². The number of ether oxygens (including phenoxy) is 4. The molecule has 7 N–H and O–H groups in total. The Bertz CT molecular complexity index is 1200. The third kappa shape index (κ3) is 4.45. The topological polar surface area (TPSA) is 190 Å². The van der Waals surface area contributed by atoms with E-state index >= 15 is 0 Å². The van der Waals surface area contributed by atoms with E-state index in [1.165, 1.54) is 38.5 Å². The fraction of sp³-hybridized carbons (Fsp3) is 0.348. The van der Waals surface area contributed by atoms with Gasteiger partial charge in [0.1, 0.15) is 41.3 Å². The Balaban J connectivity index is 1.89. The van der Waals surface area contributed by atoms with Crippen molar-refractivity contribution in [2.45, 2.75) is 30.7 Å². The molecule has 188 valence electrons. The Morgan fingerprint density at radius 1 is 0.857 bits per heavy atom. The zero-order chi connectivity index (χ0) is 25.4. The van der Waals surface area contributed by atoms with Crippen LogP contribution >= 0.6 is 0 Å². The first-order chi connectivity index (χ1) is 16.7. The van der Waals surface area contributed by atoms with Crippen LogP contribution in [0.5, 0.6) is 34.5 Å². The molecule has 2 aromatic carbocycles. The van der Waals surface area contributed by atoms with Crippen molar-refractivity contribution < 1.29 is 59.1 Å². The molecule has 3 aromatic rings. The minimum absolute atomic E-state index is 0.0175. The highest BCUT2D eigenvalue weighted by Gasteiger charge is 2.45. The van der Waals surface area contributed by atoms with Crippen LogP contribution in [0.3, 0.4) is 0 Å². The van der Waals surface area contributed by atoms with E-state index < -0.39 is 37.3 Å². The number of fused-ring (bicyclic) bond motifs is 1. The summed E-state index contributed by atoms with van der Waals surface area (Å²) < 4.78 is 27.5. The van der Waals surface area contributed by atoms with Gasteiger partial charge < -0.3 is 54.7 Å². The van der Waals surface area contributed by atoms with E-state index in [9.17, 15) is 35.7 Å². The molecule has 1 aliphatic heterocycles. The van der Waals surface area contributed by atoms with Gasteiger partial charge in [-0.25, -0.2) is 4.42 Å². The van der Waals surface area contributed by atoms with Crippen LogP contribution in [0.15, 0.2) is 34.7 Å². The smallest absolute Gasteiger partial charge is 0.402 e. The molecule has 12 nitrogen and oxygen atoms in total. The molecule has 35 heavy (non-hydrogen) atoms. The Labute approximate surface area is 198 Å². The van der Waals surface area contributed by atoms with Crippen LogP contribution in [0.1, 0.15) is 0 Å². The maximum atomic E-state index is 10.4. The molecule has 2 heterocycles. The van der Waals surface area contributed by atoms with Crippen LogP contribution in [0.4, 0.5) is 0 Å². The number of hydrogen-bond acceptors (Lipinski definition) is 11. The van der Waals surface area contributed by atoms with E-state index in [2.05, 4.69) is 0 Å². The fourth-order valence-electron chi connectivity index (χ4n) is 3.79. The summed E-state index contributed by atoms with van der Waals surface area (Å²) in [7, 11) is 2.66. The van der Waals surface area contributed by atoms with Crippen LogP contribution in [0.25, 0.3) is 22.3 Å². The second kappa shape index (κ2) is 9.60. The number of hydrogen-bond donors (Lipinski definition) is 7. The van der Waals surface area contributed by atoms with Crippen molar-refractivity contribution in [3.63, 3.8) is 0 Å². The maximum Gasteiger partial charge on any atom is 0.402 e. The summed E-state index contributed by atoms with van der Waals surface area (Å²) in [5.41, 5.74) is 0.325. The molecule has 0 aliphatic carbocycles. The van der Waals surface area contributed by atoms with Gasteiger partial charge in [0, 0.05) is 24.3 Å². The number of aliphatic hydroxyl groups excluding tert-OH is 4. The van der Waals surface area contributed by atoms with Crippen LogP contribution in [0.2, 0.25) is 0 Å². The Morgan fingerprint density at radius 2 is 1.51 bits per heavy atom. The van der Waals surface area contributed by atoms with E-state index in [-0.39, 0.29) is 56.8 Å². The van der Waals surface area contributed by atoms with Gasteiger partial charge in [-0.2, -0.15) is 0 Å². The third-order valence-electron chi connectivity index (χ3n) is 5.65. The van der Waals surface area contributed by atoms with Crippen LogP contribution < -0.4 is 14.2 Å². The van der Waals surface area contributed by atoms with Crippen molar-refractivity contribution in [2.75, 3.05) is 20.8 Å². The number of methoxy groups -OCH3 is 2. The van der Waals surface area contributed by atoms with E-state index in [0.29, 0.717) is 0 Å². The average molecular weight is 493 g/mol. The fourth-order valence-corrected chi connectivity index (χ4v) is 3.79. The second-order valence-corrected chi connectivity index (χ2v) is 7.86. The predicted molar refractivity (Wildman–Crippen MR) is 119 cm³/mol. The number of aliphatic hydroxyl groups is 4. The average Bonchev–Trinajstić information content (AvgIpc) is 2.84. The molecule has 1 aliphatic rings. The minimum Gasteiger partial charge on any atom is -0.507 e. The summed E-state index contributed by atoms with van der Waals surface area (Å²) in [6, 6.07) is 6.50. The number of phenols is 3. The lowest BCUT2D eigenvalue weighted by molar-refractivity contribution is -0.277. The van der Waals surface area contributed by atoms with E-state index in [1.54, 1.807) is 0 Å². The van der Waals surface area contributed by atoms with Gasteiger partial charge in [0.15, 0.2) is 11.5 Å². The number of aromatic hydroxyl groups is 3. The maximum absolute atomic E-state index is 10.4. The van der Waals surface area contributed by atoms with Crippen LogP contribution in [0, 0.1) is 0 Å². The predicted octanol–water partition coefficient (Wildman–Crippen LogP) is 0.694. The SMILES string of the molecule is COc1cc(-c2[o+]c3cc(O)cc(O)c3cc2OC2O[C@H](CO)[C@@H](O)[C@H](O)[C@H]2O)cc(OC)c1O. The summed E-state index contributed by atoms with van der Waals surface area (Å²) in [4.78, 5) is 0. The first kappa shape index (κ1) is 24.6. The lowest BCUT2D eigenvalue weighted by atomic mass is 9.99. The molecule has 5 atom stereocenters. The molecule has 0 saturated carbocycles. The third-order valence-corrected chi connectivity index (χ3v) is 5.65. The molecule has 12 heteroatoms. The minimum atomic E-state index is -1.71. The van der Waals surface area contributed by atoms with Gasteiger partial charge in [-0.3, -0.25) is 0 Å². The molecule has 0 radical (unpaired) electrons. The lowest BCUT2D eigenvalue weighted by Crippen LogP contribution is -2.60. The molecule has 0 spiro atoms. The zero-order valence-corrected chi connectivity index (χ0v) is 18.7. The number of rotatable bonds is 6. The number of benzene rings is 2. The van der Waals surface area contributed by atoms with Crippen molar-refractivity contribution in [1.29, 1.82) is 0 Å². The molecular formula is C23H25O12+. The summed E-state index contributed by atoms with van der Waals surface area (Å²) in [5.74, 6) is -0.928. The van der Waals surface area contributed by atoms with Gasteiger partial charge in [-0.1, -0.05) is 0 Å². The molecule has 0 bridgehead atoms. The van der Waals surface area contributed by atoms with E-state index in [0.717, 1.165) is 6.07 Å². The summed E-state index contributed by atoms with van der Waals surface area (Å²) >= 11 is 0. The van der Waals surface area contributed by atoms with Crippen molar-refractivity contribution in [3.8, 4) is 45.8 Å². The summed E-state index contributed by atoms with van der Waals surface area (Å²) in [6.07, 6.45) is -7.77. The highest BCUT2D eigenvalue weighted by molar-refractivity contribution is 5.88. The first-order valence-corrected chi connectivity index (χ1v) is 10.4. The molecule has 1 aromatic heterocycles. The highest BCUT2D eigenvalue weighted by atomic mass is 16.7. The van der Waals surface area contributed by atoms with Crippen LogP contribution in [-0.2, 0) is 4.74 Å². The summed E-state index contributed by atoms with van der Waals surface area (Å²) in [6.45, 7) is -0.661. The van der Waals surface area contributed by atoms with Crippen molar-refractivity contribution in [3.05, 3.63) is 30.3 Å². The van der Waals surface area contributed by atoms with E-state index in [4.69, 9.17) is 23.4 Å². The molecule has 1 saturated heterocycles. The number of phenolic OH excluding ortho intramolecular Hbond substituents is 3. The molecule has 1 unspecified atom stereocenters. The lowest BCUT2D eigenvalue weighted by Gasteiger charge is -2.39. The Hall–Kier alpha value is -3.55. The van der Waals surface area contributed by atoms with Crippen molar-refractivity contribution in [2.24, 2.45) is 0 Å².